The topological polar surface area (TPSA) is 78.9 Å². The zero-order valence-corrected chi connectivity index (χ0v) is 43.9. The lowest BCUT2D eigenvalue weighted by Crippen LogP contribution is -2.30. The second kappa shape index (κ2) is 50.8. The van der Waals surface area contributed by atoms with E-state index in [1.165, 1.54) is 212 Å². The molecule has 0 radical (unpaired) electrons. The van der Waals surface area contributed by atoms with Crippen molar-refractivity contribution >= 4 is 17.9 Å². The molecule has 380 valence electrons. The minimum Gasteiger partial charge on any atom is -0.462 e. The fraction of sp³-hybridized carbons (Fsp3) is 0.948. The molecule has 0 aliphatic heterocycles. The van der Waals surface area contributed by atoms with Gasteiger partial charge in [-0.3, -0.25) is 14.4 Å². The average Bonchev–Trinajstić information content (AvgIpc) is 3.28. The van der Waals surface area contributed by atoms with Crippen LogP contribution in [0.2, 0.25) is 0 Å². The third-order valence-corrected chi connectivity index (χ3v) is 13.6. The number of hydrogen-bond acceptors (Lipinski definition) is 6. The monoisotopic (exact) mass is 905 g/mol. The van der Waals surface area contributed by atoms with Crippen LogP contribution in [0.1, 0.15) is 324 Å². The van der Waals surface area contributed by atoms with Crippen LogP contribution in [0.15, 0.2) is 0 Å². The van der Waals surface area contributed by atoms with Crippen LogP contribution in [-0.2, 0) is 28.6 Å². The van der Waals surface area contributed by atoms with Crippen molar-refractivity contribution in [1.82, 2.24) is 0 Å². The zero-order chi connectivity index (χ0) is 46.8. The summed E-state index contributed by atoms with van der Waals surface area (Å²) in [4.78, 5) is 38.1. The Morgan fingerprint density at radius 3 is 0.891 bits per heavy atom. The van der Waals surface area contributed by atoms with Crippen LogP contribution in [0, 0.1) is 11.8 Å². The van der Waals surface area contributed by atoms with Crippen molar-refractivity contribution in [3.63, 3.8) is 0 Å². The van der Waals surface area contributed by atoms with Crippen molar-refractivity contribution < 1.29 is 28.6 Å². The molecular formula is C58H112O6. The molecule has 0 heterocycles. The summed E-state index contributed by atoms with van der Waals surface area (Å²) in [6.45, 7) is 11.4. The number of rotatable bonds is 52. The lowest BCUT2D eigenvalue weighted by atomic mass is 9.99. The Bertz CT molecular complexity index is 980. The number of unbranched alkanes of at least 4 members (excludes halogenated alkanes) is 36. The van der Waals surface area contributed by atoms with Gasteiger partial charge in [-0.25, -0.2) is 0 Å². The average molecular weight is 906 g/mol. The minimum absolute atomic E-state index is 0.0628. The van der Waals surface area contributed by atoms with Gasteiger partial charge in [-0.05, 0) is 31.1 Å². The van der Waals surface area contributed by atoms with E-state index in [-0.39, 0.29) is 31.1 Å². The Hall–Kier alpha value is -1.59. The lowest BCUT2D eigenvalue weighted by Gasteiger charge is -2.18. The first-order valence-electron chi connectivity index (χ1n) is 28.8. The number of esters is 3. The molecule has 64 heavy (non-hydrogen) atoms. The largest absolute Gasteiger partial charge is 0.462 e. The van der Waals surface area contributed by atoms with E-state index >= 15 is 0 Å². The highest BCUT2D eigenvalue weighted by Gasteiger charge is 2.19. The molecule has 6 nitrogen and oxygen atoms in total. The summed E-state index contributed by atoms with van der Waals surface area (Å²) in [5.41, 5.74) is 0. The first-order valence-corrected chi connectivity index (χ1v) is 28.8. The summed E-state index contributed by atoms with van der Waals surface area (Å²) in [7, 11) is 0. The Balaban J connectivity index is 4.28. The van der Waals surface area contributed by atoms with Crippen LogP contribution in [0.5, 0.6) is 0 Å². The lowest BCUT2D eigenvalue weighted by molar-refractivity contribution is -0.167. The molecule has 0 saturated heterocycles. The van der Waals surface area contributed by atoms with Crippen LogP contribution in [0.3, 0.4) is 0 Å². The fourth-order valence-electron chi connectivity index (χ4n) is 8.84. The molecular weight excluding hydrogens is 793 g/mol. The van der Waals surface area contributed by atoms with E-state index in [0.29, 0.717) is 19.3 Å². The third kappa shape index (κ3) is 49.8. The van der Waals surface area contributed by atoms with Gasteiger partial charge in [0.15, 0.2) is 6.10 Å². The van der Waals surface area contributed by atoms with Gasteiger partial charge in [0.1, 0.15) is 13.2 Å². The van der Waals surface area contributed by atoms with Gasteiger partial charge in [0, 0.05) is 19.3 Å². The normalized spacial score (nSPS) is 12.5. The Morgan fingerprint density at radius 2 is 0.594 bits per heavy atom. The van der Waals surface area contributed by atoms with Crippen molar-refractivity contribution in [1.29, 1.82) is 0 Å². The predicted molar refractivity (Wildman–Crippen MR) is 275 cm³/mol. The molecule has 0 amide bonds. The van der Waals surface area contributed by atoms with Crippen molar-refractivity contribution in [2.75, 3.05) is 13.2 Å². The van der Waals surface area contributed by atoms with Crippen molar-refractivity contribution in [3.05, 3.63) is 0 Å². The zero-order valence-electron chi connectivity index (χ0n) is 43.9. The Labute approximate surface area is 399 Å². The molecule has 0 rings (SSSR count). The maximum Gasteiger partial charge on any atom is 0.306 e. The van der Waals surface area contributed by atoms with E-state index in [9.17, 15) is 14.4 Å². The molecule has 0 aromatic rings. The van der Waals surface area contributed by atoms with E-state index in [1.807, 2.05) is 0 Å². The summed E-state index contributed by atoms with van der Waals surface area (Å²) in [5.74, 6) is 0.880. The summed E-state index contributed by atoms with van der Waals surface area (Å²) in [6, 6.07) is 0. The first-order chi connectivity index (χ1) is 31.3. The van der Waals surface area contributed by atoms with Gasteiger partial charge in [0.25, 0.3) is 0 Å². The second-order valence-corrected chi connectivity index (χ2v) is 20.6. The molecule has 0 spiro atoms. The first kappa shape index (κ1) is 62.4. The van der Waals surface area contributed by atoms with Gasteiger partial charge >= 0.3 is 17.9 Å². The molecule has 0 aliphatic rings. The molecule has 1 unspecified atom stereocenters. The summed E-state index contributed by atoms with van der Waals surface area (Å²) < 4.78 is 16.9. The van der Waals surface area contributed by atoms with Crippen LogP contribution in [-0.4, -0.2) is 37.2 Å². The fourth-order valence-corrected chi connectivity index (χ4v) is 8.84. The number of ether oxygens (including phenoxy) is 3. The van der Waals surface area contributed by atoms with Crippen LogP contribution < -0.4 is 0 Å². The van der Waals surface area contributed by atoms with E-state index in [1.54, 1.807) is 0 Å². The predicted octanol–water partition coefficient (Wildman–Crippen LogP) is 18.9. The molecule has 2 atom stereocenters. The Kier molecular flexibility index (Phi) is 49.6. The smallest absolute Gasteiger partial charge is 0.306 e. The molecule has 0 aromatic heterocycles. The highest BCUT2D eigenvalue weighted by atomic mass is 16.6. The van der Waals surface area contributed by atoms with Crippen molar-refractivity contribution in [2.45, 2.75) is 330 Å². The molecule has 0 bridgehead atoms. The van der Waals surface area contributed by atoms with Gasteiger partial charge < -0.3 is 14.2 Å². The highest BCUT2D eigenvalue weighted by Crippen LogP contribution is 2.18. The number of hydrogen-bond donors (Lipinski definition) is 0. The number of carbonyl (C=O) groups is 3. The summed E-state index contributed by atoms with van der Waals surface area (Å²) in [5, 5.41) is 0. The summed E-state index contributed by atoms with van der Waals surface area (Å²) >= 11 is 0. The highest BCUT2D eigenvalue weighted by molar-refractivity contribution is 5.71. The molecule has 6 heteroatoms. The maximum atomic E-state index is 12.8. The van der Waals surface area contributed by atoms with Crippen molar-refractivity contribution in [3.8, 4) is 0 Å². The third-order valence-electron chi connectivity index (χ3n) is 13.6. The molecule has 0 fully saturated rings. The van der Waals surface area contributed by atoms with E-state index < -0.39 is 6.10 Å². The quantitative estimate of drug-likeness (QED) is 0.0344. The van der Waals surface area contributed by atoms with Crippen LogP contribution >= 0.6 is 0 Å². The van der Waals surface area contributed by atoms with Gasteiger partial charge in [0.05, 0.1) is 0 Å². The van der Waals surface area contributed by atoms with Gasteiger partial charge in [-0.15, -0.1) is 0 Å². The van der Waals surface area contributed by atoms with E-state index in [4.69, 9.17) is 14.2 Å². The van der Waals surface area contributed by atoms with Crippen LogP contribution in [0.4, 0.5) is 0 Å². The molecule has 0 saturated carbocycles. The van der Waals surface area contributed by atoms with Gasteiger partial charge in [0.2, 0.25) is 0 Å². The SMILES string of the molecule is CCCCCCCCCCCCCCCC(=O)OC[C@H](COC(=O)CCCCCCCCCCCCCCCCCCC(C)C)OC(=O)CCCCCCCCCCCCC(C)CC. The molecule has 0 aromatic carbocycles. The standard InChI is InChI=1S/C58H112O6/c1-6-8-9-10-11-12-13-18-22-28-33-38-43-48-56(59)62-51-55(64-58(61)50-45-40-35-30-25-24-27-32-37-42-47-54(5)7-2)52-63-57(60)49-44-39-34-29-23-20-17-15-14-16-19-21-26-31-36-41-46-53(3)4/h53-55H,6-52H2,1-5H3/t54?,55-/m1/s1. The molecule has 0 aliphatic carbocycles. The Morgan fingerprint density at radius 1 is 0.328 bits per heavy atom. The number of carbonyl (C=O) groups excluding carboxylic acids is 3. The minimum atomic E-state index is -0.762. The maximum absolute atomic E-state index is 12.8. The molecule has 0 N–H and O–H groups in total. The van der Waals surface area contributed by atoms with Crippen molar-refractivity contribution in [2.24, 2.45) is 11.8 Å². The van der Waals surface area contributed by atoms with E-state index in [0.717, 1.165) is 69.6 Å². The van der Waals surface area contributed by atoms with E-state index in [2.05, 4.69) is 34.6 Å². The summed E-state index contributed by atoms with van der Waals surface area (Å²) in [6.07, 6.45) is 53.7. The van der Waals surface area contributed by atoms with Crippen LogP contribution in [0.25, 0.3) is 0 Å². The van der Waals surface area contributed by atoms with Gasteiger partial charge in [-0.1, -0.05) is 285 Å². The second-order valence-electron chi connectivity index (χ2n) is 20.6. The van der Waals surface area contributed by atoms with Gasteiger partial charge in [-0.2, -0.15) is 0 Å².